The molecule has 0 aromatic heterocycles. The van der Waals surface area contributed by atoms with Crippen LogP contribution in [-0.2, 0) is 14.3 Å². The zero-order chi connectivity index (χ0) is 10.4. The second-order valence-corrected chi connectivity index (χ2v) is 2.89. The van der Waals surface area contributed by atoms with Gasteiger partial charge in [-0.2, -0.15) is 0 Å². The Balaban J connectivity index is 4.01. The molecule has 0 spiro atoms. The first-order valence-electron chi connectivity index (χ1n) is 4.21. The van der Waals surface area contributed by atoms with Crippen LogP contribution in [0, 0.1) is 0 Å². The quantitative estimate of drug-likeness (QED) is 0.456. The van der Waals surface area contributed by atoms with Gasteiger partial charge < -0.3 is 15.8 Å². The lowest BCUT2D eigenvalue weighted by molar-refractivity contribution is -0.148. The lowest BCUT2D eigenvalue weighted by Gasteiger charge is -2.12. The Labute approximate surface area is 77.6 Å². The summed E-state index contributed by atoms with van der Waals surface area (Å²) in [7, 11) is 0. The van der Waals surface area contributed by atoms with Crippen LogP contribution in [0.4, 0.5) is 0 Å². The summed E-state index contributed by atoms with van der Waals surface area (Å²) in [6, 6.07) is -1.25. The van der Waals surface area contributed by atoms with Crippen LogP contribution in [0.15, 0.2) is 0 Å². The van der Waals surface area contributed by atoms with E-state index in [1.807, 2.05) is 0 Å². The summed E-state index contributed by atoms with van der Waals surface area (Å²) in [6.07, 6.45) is 0. The van der Waals surface area contributed by atoms with Gasteiger partial charge in [0.15, 0.2) is 6.04 Å². The number of rotatable bonds is 4. The molecule has 5 heteroatoms. The summed E-state index contributed by atoms with van der Waals surface area (Å²) in [6.45, 7) is 5.46. The molecule has 5 nitrogen and oxygen atoms in total. The summed E-state index contributed by atoms with van der Waals surface area (Å²) in [5.41, 5.74) is 5.31. The number of nitrogens with two attached hydrogens (primary N) is 1. The second-order valence-electron chi connectivity index (χ2n) is 2.89. The number of nitrogens with one attached hydrogen (secondary N) is 1. The minimum Gasteiger partial charge on any atom is -0.464 e. The highest BCUT2D eigenvalue weighted by Gasteiger charge is 2.23. The van der Waals surface area contributed by atoms with E-state index in [-0.39, 0.29) is 12.6 Å². The van der Waals surface area contributed by atoms with Gasteiger partial charge in [0.05, 0.1) is 6.61 Å². The van der Waals surface area contributed by atoms with E-state index in [9.17, 15) is 9.59 Å². The maximum absolute atomic E-state index is 11.1. The van der Waals surface area contributed by atoms with Crippen molar-refractivity contribution in [1.82, 2.24) is 5.32 Å². The molecule has 0 saturated carbocycles. The van der Waals surface area contributed by atoms with E-state index < -0.39 is 17.9 Å². The van der Waals surface area contributed by atoms with Gasteiger partial charge in [-0.1, -0.05) is 0 Å². The number of carbonyl (C=O) groups excluding carboxylic acids is 2. The van der Waals surface area contributed by atoms with Gasteiger partial charge in [0.25, 0.3) is 0 Å². The van der Waals surface area contributed by atoms with Crippen molar-refractivity contribution in [2.24, 2.45) is 5.73 Å². The van der Waals surface area contributed by atoms with Gasteiger partial charge in [0.2, 0.25) is 5.91 Å². The number of hydrogen-bond donors (Lipinski definition) is 2. The van der Waals surface area contributed by atoms with Gasteiger partial charge >= 0.3 is 5.97 Å². The Kier molecular flexibility index (Phi) is 5.06. The fourth-order valence-electron chi connectivity index (χ4n) is 0.713. The monoisotopic (exact) mass is 188 g/mol. The average molecular weight is 188 g/mol. The number of ether oxygens (including phenoxy) is 1. The Morgan fingerprint density at radius 1 is 1.46 bits per heavy atom. The van der Waals surface area contributed by atoms with E-state index >= 15 is 0 Å². The largest absolute Gasteiger partial charge is 0.464 e. The van der Waals surface area contributed by atoms with E-state index in [0.717, 1.165) is 0 Å². The highest BCUT2D eigenvalue weighted by Crippen LogP contribution is 1.87. The molecule has 1 amide bonds. The summed E-state index contributed by atoms with van der Waals surface area (Å²) >= 11 is 0. The van der Waals surface area contributed by atoms with E-state index in [2.05, 4.69) is 10.1 Å². The predicted molar refractivity (Wildman–Crippen MR) is 47.9 cm³/mol. The Morgan fingerprint density at radius 2 is 2.00 bits per heavy atom. The first-order valence-corrected chi connectivity index (χ1v) is 4.21. The number of hydrogen-bond acceptors (Lipinski definition) is 4. The molecule has 0 heterocycles. The molecule has 1 unspecified atom stereocenters. The fourth-order valence-corrected chi connectivity index (χ4v) is 0.713. The van der Waals surface area contributed by atoms with Crippen LogP contribution >= 0.6 is 0 Å². The van der Waals surface area contributed by atoms with Crippen molar-refractivity contribution in [1.29, 1.82) is 0 Å². The zero-order valence-corrected chi connectivity index (χ0v) is 8.16. The van der Waals surface area contributed by atoms with Crippen molar-refractivity contribution in [2.75, 3.05) is 6.61 Å². The third-order valence-corrected chi connectivity index (χ3v) is 1.25. The number of carbonyl (C=O) groups is 2. The Bertz CT molecular complexity index is 192. The molecule has 0 radical (unpaired) electrons. The molecule has 3 N–H and O–H groups in total. The Hall–Kier alpha value is -1.10. The van der Waals surface area contributed by atoms with Crippen molar-refractivity contribution < 1.29 is 14.3 Å². The molecular formula is C8H16N2O3. The van der Waals surface area contributed by atoms with Crippen LogP contribution in [0.3, 0.4) is 0 Å². The lowest BCUT2D eigenvalue weighted by Crippen LogP contribution is -2.48. The third kappa shape index (κ3) is 4.47. The molecular weight excluding hydrogens is 172 g/mol. The highest BCUT2D eigenvalue weighted by atomic mass is 16.5. The number of amides is 1. The highest BCUT2D eigenvalue weighted by molar-refractivity contribution is 6.01. The van der Waals surface area contributed by atoms with E-state index in [0.29, 0.717) is 0 Å². The van der Waals surface area contributed by atoms with Gasteiger partial charge in [-0.3, -0.25) is 4.79 Å². The van der Waals surface area contributed by atoms with Crippen LogP contribution < -0.4 is 11.1 Å². The van der Waals surface area contributed by atoms with Crippen molar-refractivity contribution >= 4 is 11.9 Å². The van der Waals surface area contributed by atoms with Crippen LogP contribution in [-0.4, -0.2) is 30.6 Å². The molecule has 0 saturated heterocycles. The summed E-state index contributed by atoms with van der Waals surface area (Å²) < 4.78 is 4.58. The first-order chi connectivity index (χ1) is 5.99. The zero-order valence-electron chi connectivity index (χ0n) is 8.16. The Morgan fingerprint density at radius 3 is 2.38 bits per heavy atom. The predicted octanol–water partition coefficient (Wildman–Crippen LogP) is -0.599. The molecule has 0 aliphatic carbocycles. The van der Waals surface area contributed by atoms with Crippen LogP contribution in [0.5, 0.6) is 0 Å². The summed E-state index contributed by atoms with van der Waals surface area (Å²) in [5.74, 6) is -1.20. The van der Waals surface area contributed by atoms with Gasteiger partial charge in [-0.25, -0.2) is 4.79 Å². The maximum Gasteiger partial charge on any atom is 0.332 e. The normalized spacial score (nSPS) is 12.4. The minimum atomic E-state index is -1.22. The van der Waals surface area contributed by atoms with Gasteiger partial charge in [0.1, 0.15) is 0 Å². The van der Waals surface area contributed by atoms with E-state index in [1.54, 1.807) is 20.8 Å². The molecule has 0 aromatic rings. The lowest BCUT2D eigenvalue weighted by atomic mass is 10.2. The van der Waals surface area contributed by atoms with Crippen molar-refractivity contribution in [2.45, 2.75) is 32.9 Å². The third-order valence-electron chi connectivity index (χ3n) is 1.25. The molecule has 1 atom stereocenters. The van der Waals surface area contributed by atoms with Crippen LogP contribution in [0.25, 0.3) is 0 Å². The number of esters is 1. The first kappa shape index (κ1) is 11.9. The molecule has 13 heavy (non-hydrogen) atoms. The van der Waals surface area contributed by atoms with Crippen molar-refractivity contribution in [3.63, 3.8) is 0 Å². The summed E-state index contributed by atoms with van der Waals surface area (Å²) in [5, 5.41) is 2.52. The van der Waals surface area contributed by atoms with Gasteiger partial charge in [0, 0.05) is 6.04 Å². The molecule has 0 rings (SSSR count). The molecule has 0 bridgehead atoms. The van der Waals surface area contributed by atoms with Crippen LogP contribution in [0.1, 0.15) is 20.8 Å². The van der Waals surface area contributed by atoms with Crippen LogP contribution in [0.2, 0.25) is 0 Å². The molecule has 0 fully saturated rings. The fraction of sp³-hybridized carbons (Fsp3) is 0.750. The molecule has 76 valence electrons. The molecule has 0 aromatic carbocycles. The van der Waals surface area contributed by atoms with Gasteiger partial charge in [-0.15, -0.1) is 0 Å². The topological polar surface area (TPSA) is 81.4 Å². The smallest absolute Gasteiger partial charge is 0.332 e. The second kappa shape index (κ2) is 5.53. The molecule has 0 aliphatic rings. The summed E-state index contributed by atoms with van der Waals surface area (Å²) in [4.78, 5) is 22.1. The maximum atomic E-state index is 11.1. The SMILES string of the molecule is CCOC(=O)C(N)C(=O)NC(C)C. The average Bonchev–Trinajstić information content (AvgIpc) is 2.02. The van der Waals surface area contributed by atoms with E-state index in [1.165, 1.54) is 0 Å². The van der Waals surface area contributed by atoms with E-state index in [4.69, 9.17) is 5.73 Å². The molecule has 0 aliphatic heterocycles. The standard InChI is InChI=1S/C8H16N2O3/c1-4-13-8(12)6(9)7(11)10-5(2)3/h5-6H,4,9H2,1-3H3,(H,10,11). The van der Waals surface area contributed by atoms with Crippen molar-refractivity contribution in [3.8, 4) is 0 Å². The van der Waals surface area contributed by atoms with Crippen molar-refractivity contribution in [3.05, 3.63) is 0 Å². The van der Waals surface area contributed by atoms with Gasteiger partial charge in [-0.05, 0) is 20.8 Å². The minimum absolute atomic E-state index is 0.0343.